The molecule has 6 nitrogen and oxygen atoms in total. The van der Waals surface area contributed by atoms with Crippen molar-refractivity contribution in [3.05, 3.63) is 71.0 Å². The molecule has 0 aliphatic rings. The van der Waals surface area contributed by atoms with Crippen molar-refractivity contribution in [2.75, 3.05) is 25.6 Å². The van der Waals surface area contributed by atoms with Crippen LogP contribution in [0.1, 0.15) is 17.3 Å². The molecule has 1 aromatic heterocycles. The van der Waals surface area contributed by atoms with Crippen LogP contribution in [0.4, 0.5) is 5.69 Å². The van der Waals surface area contributed by atoms with Crippen LogP contribution >= 0.6 is 11.6 Å². The molecule has 0 spiro atoms. The zero-order valence-corrected chi connectivity index (χ0v) is 16.7. The van der Waals surface area contributed by atoms with Gasteiger partial charge in [-0.2, -0.15) is 4.57 Å². The molecular formula is C21H21ClN3O3+. The number of pyridine rings is 1. The molecule has 0 saturated carbocycles. The summed E-state index contributed by atoms with van der Waals surface area (Å²) in [6.45, 7) is 1.82. The average Bonchev–Trinajstić information content (AvgIpc) is 2.69. The first-order chi connectivity index (χ1) is 13.4. The fourth-order valence-corrected chi connectivity index (χ4v) is 2.50. The normalized spacial score (nSPS) is 10.8. The number of anilines is 1. The topological polar surface area (TPSA) is 74.3 Å². The minimum atomic E-state index is -0.718. The van der Waals surface area contributed by atoms with Gasteiger partial charge in [0.2, 0.25) is 0 Å². The summed E-state index contributed by atoms with van der Waals surface area (Å²) in [6.07, 6.45) is 4.72. The molecule has 144 valence electrons. The first-order valence-corrected chi connectivity index (χ1v) is 8.93. The maximum absolute atomic E-state index is 13.1. The smallest absolute Gasteiger partial charge is 0.347 e. The summed E-state index contributed by atoms with van der Waals surface area (Å²) in [5.74, 6) is 0.998. The Morgan fingerprint density at radius 3 is 2.29 bits per heavy atom. The zero-order chi connectivity index (χ0) is 20.7. The van der Waals surface area contributed by atoms with E-state index in [0.29, 0.717) is 10.6 Å². The minimum absolute atomic E-state index is 0.150. The van der Waals surface area contributed by atoms with Crippen molar-refractivity contribution in [1.29, 1.82) is 5.41 Å². The molecule has 0 saturated heterocycles. The Bertz CT molecular complexity index is 942. The van der Waals surface area contributed by atoms with E-state index in [0.717, 1.165) is 5.69 Å². The number of Topliss-reactive ketones (excluding diaryl/α,β-unsaturated/α-hetero) is 1. The number of nitrogens with zero attached hydrogens (tertiary/aromatic N) is 2. The van der Waals surface area contributed by atoms with Crippen LogP contribution in [0, 0.1) is 5.41 Å². The van der Waals surface area contributed by atoms with E-state index >= 15 is 0 Å². The van der Waals surface area contributed by atoms with E-state index in [1.165, 1.54) is 6.08 Å². The second kappa shape index (κ2) is 9.65. The molecule has 2 aromatic rings. The van der Waals surface area contributed by atoms with Crippen molar-refractivity contribution in [2.45, 2.75) is 6.92 Å². The standard InChI is InChI=1S/C21H21ClN3O3/c1-4-28-21(27)16(14-23)13-19(20(26)15-5-7-17(22)8-6-15)25-11-9-18(10-12-25)24(2)3/h5-13,23H,4H2,1-3H3/q+1/b19-13-. The van der Waals surface area contributed by atoms with Crippen molar-refractivity contribution in [1.82, 2.24) is 0 Å². The summed E-state index contributed by atoms with van der Waals surface area (Å²) in [6, 6.07) is 10.1. The van der Waals surface area contributed by atoms with Gasteiger partial charge in [0.05, 0.1) is 6.61 Å². The maximum Gasteiger partial charge on any atom is 0.347 e. The second-order valence-corrected chi connectivity index (χ2v) is 6.42. The number of aromatic nitrogens is 1. The number of nitrogens with one attached hydrogen (secondary N) is 1. The fourth-order valence-electron chi connectivity index (χ4n) is 2.38. The summed E-state index contributed by atoms with van der Waals surface area (Å²) < 4.78 is 6.52. The van der Waals surface area contributed by atoms with Gasteiger partial charge in [0, 0.05) is 48.6 Å². The number of hydrogen-bond acceptors (Lipinski definition) is 5. The van der Waals surface area contributed by atoms with Crippen molar-refractivity contribution in [2.24, 2.45) is 0 Å². The van der Waals surface area contributed by atoms with Crippen LogP contribution in [0.2, 0.25) is 5.02 Å². The van der Waals surface area contributed by atoms with E-state index in [9.17, 15) is 9.59 Å². The molecule has 0 atom stereocenters. The SMILES string of the molecule is CCOC(=O)C(=C=N)/C=C(/C(=O)c1ccc(Cl)cc1)[n+]1ccc(N(C)C)cc1. The van der Waals surface area contributed by atoms with Gasteiger partial charge in [0.25, 0.3) is 11.5 Å². The van der Waals surface area contributed by atoms with Crippen LogP contribution < -0.4 is 9.47 Å². The third-order valence-corrected chi connectivity index (χ3v) is 4.11. The Morgan fingerprint density at radius 2 is 1.79 bits per heavy atom. The molecule has 0 aliphatic carbocycles. The molecule has 0 aliphatic heterocycles. The van der Waals surface area contributed by atoms with E-state index in [-0.39, 0.29) is 23.7 Å². The lowest BCUT2D eigenvalue weighted by Crippen LogP contribution is -2.36. The Labute approximate surface area is 168 Å². The lowest BCUT2D eigenvalue weighted by atomic mass is 10.1. The third kappa shape index (κ3) is 5.16. The molecule has 7 heteroatoms. The second-order valence-electron chi connectivity index (χ2n) is 5.98. The predicted molar refractivity (Wildman–Crippen MR) is 109 cm³/mol. The number of esters is 1. The van der Waals surface area contributed by atoms with Crippen LogP contribution in [0.3, 0.4) is 0 Å². The van der Waals surface area contributed by atoms with Gasteiger partial charge in [-0.05, 0) is 37.1 Å². The van der Waals surface area contributed by atoms with Gasteiger partial charge in [-0.1, -0.05) is 11.6 Å². The highest BCUT2D eigenvalue weighted by molar-refractivity contribution is 6.31. The van der Waals surface area contributed by atoms with Crippen LogP contribution in [0.5, 0.6) is 0 Å². The maximum atomic E-state index is 13.1. The van der Waals surface area contributed by atoms with Gasteiger partial charge >= 0.3 is 5.97 Å². The molecule has 0 fully saturated rings. The molecular weight excluding hydrogens is 378 g/mol. The van der Waals surface area contributed by atoms with Gasteiger partial charge in [0.15, 0.2) is 12.4 Å². The van der Waals surface area contributed by atoms with Crippen LogP contribution in [-0.2, 0) is 9.53 Å². The number of carbonyl (C=O) groups is 2. The molecule has 0 amide bonds. The van der Waals surface area contributed by atoms with Crippen molar-refractivity contribution in [3.8, 4) is 0 Å². The highest BCUT2D eigenvalue weighted by atomic mass is 35.5. The highest BCUT2D eigenvalue weighted by Gasteiger charge is 2.24. The molecule has 28 heavy (non-hydrogen) atoms. The van der Waals surface area contributed by atoms with Crippen LogP contribution in [-0.4, -0.2) is 38.3 Å². The summed E-state index contributed by atoms with van der Waals surface area (Å²) in [5, 5.41) is 7.92. The quantitative estimate of drug-likeness (QED) is 0.194. The Morgan fingerprint density at radius 1 is 1.18 bits per heavy atom. The Hall–Kier alpha value is -3.21. The summed E-state index contributed by atoms with van der Waals surface area (Å²) in [4.78, 5) is 27.1. The predicted octanol–water partition coefficient (Wildman–Crippen LogP) is 3.16. The summed E-state index contributed by atoms with van der Waals surface area (Å²) in [5.41, 5.74) is 1.37. The van der Waals surface area contributed by atoms with Crippen LogP contribution in [0.25, 0.3) is 5.70 Å². The number of carbonyl (C=O) groups excluding carboxylic acids is 2. The van der Waals surface area contributed by atoms with Gasteiger partial charge in [0.1, 0.15) is 5.57 Å². The molecule has 0 radical (unpaired) electrons. The van der Waals surface area contributed by atoms with Gasteiger partial charge < -0.3 is 9.64 Å². The van der Waals surface area contributed by atoms with Gasteiger partial charge in [-0.15, -0.1) is 0 Å². The number of ether oxygens (including phenoxy) is 1. The fraction of sp³-hybridized carbons (Fsp3) is 0.190. The Kier molecular flexibility index (Phi) is 7.27. The number of allylic oxidation sites excluding steroid dienone is 1. The number of rotatable bonds is 7. The van der Waals surface area contributed by atoms with E-state index in [2.05, 4.69) is 5.87 Å². The van der Waals surface area contributed by atoms with Crippen molar-refractivity contribution < 1.29 is 18.9 Å². The number of hydrogen-bond donors (Lipinski definition) is 1. The van der Waals surface area contributed by atoms with Gasteiger partial charge in [-0.3, -0.25) is 10.2 Å². The molecule has 1 heterocycles. The summed E-state index contributed by atoms with van der Waals surface area (Å²) >= 11 is 5.91. The monoisotopic (exact) mass is 398 g/mol. The molecule has 0 bridgehead atoms. The zero-order valence-electron chi connectivity index (χ0n) is 15.9. The first kappa shape index (κ1) is 21.1. The van der Waals surface area contributed by atoms with Crippen molar-refractivity contribution >= 4 is 40.6 Å². The van der Waals surface area contributed by atoms with E-state index in [1.54, 1.807) is 48.1 Å². The highest BCUT2D eigenvalue weighted by Crippen LogP contribution is 2.16. The van der Waals surface area contributed by atoms with Gasteiger partial charge in [-0.25, -0.2) is 4.79 Å². The third-order valence-electron chi connectivity index (χ3n) is 3.86. The number of ketones is 1. The van der Waals surface area contributed by atoms with E-state index < -0.39 is 5.97 Å². The molecule has 2 rings (SSSR count). The van der Waals surface area contributed by atoms with Crippen molar-refractivity contribution in [3.63, 3.8) is 0 Å². The largest absolute Gasteiger partial charge is 0.462 e. The Balaban J connectivity index is 2.55. The summed E-state index contributed by atoms with van der Waals surface area (Å²) in [7, 11) is 3.82. The molecule has 0 unspecified atom stereocenters. The van der Waals surface area contributed by atoms with E-state index in [4.69, 9.17) is 21.7 Å². The molecule has 1 aromatic carbocycles. The van der Waals surface area contributed by atoms with E-state index in [1.807, 2.05) is 31.1 Å². The number of benzene rings is 1. The number of halogens is 1. The lowest BCUT2D eigenvalue weighted by Gasteiger charge is -2.11. The lowest BCUT2D eigenvalue weighted by molar-refractivity contribution is -0.576. The average molecular weight is 399 g/mol. The van der Waals surface area contributed by atoms with Crippen LogP contribution in [0.15, 0.2) is 60.4 Å². The minimum Gasteiger partial charge on any atom is -0.462 e. The first-order valence-electron chi connectivity index (χ1n) is 8.55. The molecule has 1 N–H and O–H groups in total.